The first-order valence-electron chi connectivity index (χ1n) is 8.10. The van der Waals surface area contributed by atoms with Gasteiger partial charge in [-0.05, 0) is 44.0 Å². The third-order valence-corrected chi connectivity index (χ3v) is 4.13. The Morgan fingerprint density at radius 3 is 3.05 bits per heavy atom. The first-order valence-corrected chi connectivity index (χ1v) is 8.10. The predicted octanol–water partition coefficient (Wildman–Crippen LogP) is 2.35. The van der Waals surface area contributed by atoms with Crippen LogP contribution in [0.4, 0.5) is 5.69 Å². The van der Waals surface area contributed by atoms with Crippen molar-refractivity contribution in [2.75, 3.05) is 25.0 Å². The fourth-order valence-corrected chi connectivity index (χ4v) is 3.15. The number of amides is 1. The largest absolute Gasteiger partial charge is 0.493 e. The predicted molar refractivity (Wildman–Crippen MR) is 87.7 cm³/mol. The monoisotopic (exact) mass is 301 g/mol. The highest BCUT2D eigenvalue weighted by Gasteiger charge is 2.36. The lowest BCUT2D eigenvalue weighted by Crippen LogP contribution is -2.38. The number of aliphatic imine (C=N–C) groups is 1. The molecule has 0 saturated heterocycles. The van der Waals surface area contributed by atoms with Crippen molar-refractivity contribution in [2.24, 2.45) is 10.9 Å². The molecule has 1 unspecified atom stereocenters. The van der Waals surface area contributed by atoms with Crippen molar-refractivity contribution >= 4 is 17.3 Å². The minimum atomic E-state index is -0.125. The molecule has 1 aromatic rings. The van der Waals surface area contributed by atoms with E-state index in [4.69, 9.17) is 4.74 Å². The summed E-state index contributed by atoms with van der Waals surface area (Å²) in [6.07, 6.45) is 1.84. The summed E-state index contributed by atoms with van der Waals surface area (Å²) in [5.74, 6) is 0.771. The van der Waals surface area contributed by atoms with Gasteiger partial charge in [0.05, 0.1) is 29.5 Å². The number of fused-ring (bicyclic) bond motifs is 3. The van der Waals surface area contributed by atoms with Crippen LogP contribution in [0.3, 0.4) is 0 Å². The van der Waals surface area contributed by atoms with Gasteiger partial charge in [0, 0.05) is 13.1 Å². The van der Waals surface area contributed by atoms with Gasteiger partial charge in [-0.25, -0.2) is 0 Å². The molecule has 2 N–H and O–H groups in total. The van der Waals surface area contributed by atoms with Gasteiger partial charge >= 0.3 is 0 Å². The van der Waals surface area contributed by atoms with E-state index in [0.29, 0.717) is 6.61 Å². The lowest BCUT2D eigenvalue weighted by atomic mass is 9.84. The lowest BCUT2D eigenvalue weighted by Gasteiger charge is -2.31. The number of benzene rings is 1. The summed E-state index contributed by atoms with van der Waals surface area (Å²) in [5.41, 5.74) is 3.83. The van der Waals surface area contributed by atoms with Crippen LogP contribution in [0.1, 0.15) is 37.8 Å². The standard InChI is InChI=1S/C17H23N3O2/c1-3-18-10-11-8-13-15(14(9-11)22-4-2)16-12(17(21)20-13)6-5-7-19-16/h8-9,12,18H,3-7,10H2,1-2H3,(H,20,21). The number of anilines is 1. The van der Waals surface area contributed by atoms with Crippen molar-refractivity contribution in [2.45, 2.75) is 33.2 Å². The average molecular weight is 301 g/mol. The summed E-state index contributed by atoms with van der Waals surface area (Å²) < 4.78 is 5.85. The van der Waals surface area contributed by atoms with E-state index in [1.807, 2.05) is 13.0 Å². The molecular weight excluding hydrogens is 278 g/mol. The molecule has 1 aromatic carbocycles. The Morgan fingerprint density at radius 1 is 1.41 bits per heavy atom. The highest BCUT2D eigenvalue weighted by molar-refractivity contribution is 6.24. The second-order valence-corrected chi connectivity index (χ2v) is 5.68. The van der Waals surface area contributed by atoms with E-state index in [-0.39, 0.29) is 11.8 Å². The zero-order chi connectivity index (χ0) is 15.5. The Balaban J connectivity index is 2.07. The van der Waals surface area contributed by atoms with Crippen LogP contribution in [0.5, 0.6) is 5.75 Å². The van der Waals surface area contributed by atoms with Gasteiger partial charge < -0.3 is 15.4 Å². The summed E-state index contributed by atoms with van der Waals surface area (Å²) >= 11 is 0. The van der Waals surface area contributed by atoms with Crippen LogP contribution in [0.2, 0.25) is 0 Å². The summed E-state index contributed by atoms with van der Waals surface area (Å²) in [7, 11) is 0. The van der Waals surface area contributed by atoms with Crippen LogP contribution in [-0.2, 0) is 11.3 Å². The number of ether oxygens (including phenoxy) is 1. The van der Waals surface area contributed by atoms with Crippen LogP contribution < -0.4 is 15.4 Å². The summed E-state index contributed by atoms with van der Waals surface area (Å²) in [6, 6.07) is 4.10. The minimum absolute atomic E-state index is 0.0639. The van der Waals surface area contributed by atoms with E-state index in [0.717, 1.165) is 60.8 Å². The Labute approximate surface area is 131 Å². The van der Waals surface area contributed by atoms with Crippen LogP contribution in [0.15, 0.2) is 17.1 Å². The molecule has 0 saturated carbocycles. The number of hydrogen-bond acceptors (Lipinski definition) is 4. The van der Waals surface area contributed by atoms with Gasteiger partial charge in [-0.1, -0.05) is 6.92 Å². The van der Waals surface area contributed by atoms with Gasteiger partial charge in [0.25, 0.3) is 0 Å². The van der Waals surface area contributed by atoms with Crippen molar-refractivity contribution in [3.8, 4) is 5.75 Å². The van der Waals surface area contributed by atoms with Crippen LogP contribution in [-0.4, -0.2) is 31.3 Å². The van der Waals surface area contributed by atoms with E-state index < -0.39 is 0 Å². The molecule has 22 heavy (non-hydrogen) atoms. The van der Waals surface area contributed by atoms with Crippen molar-refractivity contribution in [1.82, 2.24) is 5.32 Å². The second-order valence-electron chi connectivity index (χ2n) is 5.68. The molecule has 5 nitrogen and oxygen atoms in total. The second kappa shape index (κ2) is 6.48. The molecule has 2 aliphatic rings. The van der Waals surface area contributed by atoms with Crippen LogP contribution in [0, 0.1) is 5.92 Å². The molecule has 0 bridgehead atoms. The smallest absolute Gasteiger partial charge is 0.233 e. The van der Waals surface area contributed by atoms with E-state index >= 15 is 0 Å². The lowest BCUT2D eigenvalue weighted by molar-refractivity contribution is -0.118. The topological polar surface area (TPSA) is 62.7 Å². The summed E-state index contributed by atoms with van der Waals surface area (Å²) in [4.78, 5) is 17.0. The molecule has 0 spiro atoms. The Morgan fingerprint density at radius 2 is 2.27 bits per heavy atom. The molecule has 2 heterocycles. The zero-order valence-electron chi connectivity index (χ0n) is 13.2. The summed E-state index contributed by atoms with van der Waals surface area (Å²) in [5, 5.41) is 6.36. The van der Waals surface area contributed by atoms with Crippen molar-refractivity contribution in [3.05, 3.63) is 23.3 Å². The van der Waals surface area contributed by atoms with E-state index in [1.54, 1.807) is 0 Å². The van der Waals surface area contributed by atoms with E-state index in [1.165, 1.54) is 0 Å². The number of nitrogens with zero attached hydrogens (tertiary/aromatic N) is 1. The fourth-order valence-electron chi connectivity index (χ4n) is 3.15. The molecule has 0 aromatic heterocycles. The number of carbonyl (C=O) groups is 1. The first kappa shape index (κ1) is 15.0. The van der Waals surface area contributed by atoms with E-state index in [9.17, 15) is 4.79 Å². The third kappa shape index (κ3) is 2.73. The number of nitrogens with one attached hydrogen (secondary N) is 2. The third-order valence-electron chi connectivity index (χ3n) is 4.13. The molecule has 118 valence electrons. The van der Waals surface area contributed by atoms with Gasteiger partial charge in [-0.15, -0.1) is 0 Å². The molecular formula is C17H23N3O2. The van der Waals surface area contributed by atoms with Gasteiger partial charge in [0.15, 0.2) is 0 Å². The number of hydrogen-bond donors (Lipinski definition) is 2. The van der Waals surface area contributed by atoms with Crippen molar-refractivity contribution in [3.63, 3.8) is 0 Å². The maximum atomic E-state index is 12.3. The maximum Gasteiger partial charge on any atom is 0.233 e. The zero-order valence-corrected chi connectivity index (χ0v) is 13.2. The first-order chi connectivity index (χ1) is 10.7. The SMILES string of the molecule is CCNCc1cc2c(c(OCC)c1)C1=NCCCC1C(=O)N2. The highest BCUT2D eigenvalue weighted by Crippen LogP contribution is 2.38. The van der Waals surface area contributed by atoms with E-state index in [2.05, 4.69) is 28.6 Å². The molecule has 1 amide bonds. The molecule has 2 aliphatic heterocycles. The van der Waals surface area contributed by atoms with Gasteiger partial charge in [0.1, 0.15) is 5.75 Å². The van der Waals surface area contributed by atoms with Crippen molar-refractivity contribution < 1.29 is 9.53 Å². The molecule has 0 fully saturated rings. The minimum Gasteiger partial charge on any atom is -0.493 e. The van der Waals surface area contributed by atoms with Crippen LogP contribution in [0.25, 0.3) is 0 Å². The molecule has 3 rings (SSSR count). The summed E-state index contributed by atoms with van der Waals surface area (Å²) in [6.45, 7) is 7.11. The number of rotatable bonds is 5. The Kier molecular flexibility index (Phi) is 4.43. The van der Waals surface area contributed by atoms with Gasteiger partial charge in [-0.2, -0.15) is 0 Å². The average Bonchev–Trinajstić information content (AvgIpc) is 2.53. The molecule has 0 radical (unpaired) electrons. The fraction of sp³-hybridized carbons (Fsp3) is 0.529. The molecule has 0 aliphatic carbocycles. The van der Waals surface area contributed by atoms with Crippen molar-refractivity contribution in [1.29, 1.82) is 0 Å². The quantitative estimate of drug-likeness (QED) is 0.877. The molecule has 1 atom stereocenters. The maximum absolute atomic E-state index is 12.3. The normalized spacial score (nSPS) is 19.8. The Hall–Kier alpha value is -1.88. The van der Waals surface area contributed by atoms with Crippen LogP contribution >= 0.6 is 0 Å². The van der Waals surface area contributed by atoms with Gasteiger partial charge in [-0.3, -0.25) is 9.79 Å². The highest BCUT2D eigenvalue weighted by atomic mass is 16.5. The molecule has 5 heteroatoms. The van der Waals surface area contributed by atoms with Gasteiger partial charge in [0.2, 0.25) is 5.91 Å². The number of carbonyl (C=O) groups excluding carboxylic acids is 1. The Bertz CT molecular complexity index is 610.